The Morgan fingerprint density at radius 1 is 1.20 bits per heavy atom. The van der Waals surface area contributed by atoms with Gasteiger partial charge in [0.2, 0.25) is 5.91 Å². The zero-order chi connectivity index (χ0) is 17.5. The Morgan fingerprint density at radius 3 is 2.72 bits per heavy atom. The van der Waals surface area contributed by atoms with E-state index in [2.05, 4.69) is 15.4 Å². The summed E-state index contributed by atoms with van der Waals surface area (Å²) in [5.41, 5.74) is 2.66. The van der Waals surface area contributed by atoms with Crippen molar-refractivity contribution >= 4 is 17.7 Å². The first-order valence-electron chi connectivity index (χ1n) is 7.78. The van der Waals surface area contributed by atoms with E-state index in [1.54, 1.807) is 24.2 Å². The number of carbonyl (C=O) groups excluding carboxylic acids is 1. The van der Waals surface area contributed by atoms with Gasteiger partial charge >= 0.3 is 0 Å². The lowest BCUT2D eigenvalue weighted by Gasteiger charge is -2.05. The second-order valence-electron chi connectivity index (χ2n) is 5.35. The Labute approximate surface area is 145 Å². The van der Waals surface area contributed by atoms with E-state index >= 15 is 0 Å². The predicted octanol–water partition coefficient (Wildman–Crippen LogP) is 2.99. The van der Waals surface area contributed by atoms with E-state index in [1.807, 2.05) is 48.5 Å². The van der Waals surface area contributed by atoms with Gasteiger partial charge in [-0.2, -0.15) is 5.10 Å². The van der Waals surface area contributed by atoms with Crippen molar-refractivity contribution in [3.8, 4) is 5.75 Å². The third-order valence-electron chi connectivity index (χ3n) is 3.59. The molecule has 1 amide bonds. The normalized spacial score (nSPS) is 10.8. The van der Waals surface area contributed by atoms with Crippen molar-refractivity contribution < 1.29 is 9.53 Å². The van der Waals surface area contributed by atoms with Crippen LogP contribution in [0.5, 0.6) is 5.75 Å². The van der Waals surface area contributed by atoms with E-state index < -0.39 is 0 Å². The number of rotatable bonds is 6. The molecule has 126 valence electrons. The summed E-state index contributed by atoms with van der Waals surface area (Å²) in [6.45, 7) is 0.641. The lowest BCUT2D eigenvalue weighted by Crippen LogP contribution is -2.08. The molecule has 1 heterocycles. The smallest absolute Gasteiger partial charge is 0.248 e. The molecule has 2 aromatic carbocycles. The van der Waals surface area contributed by atoms with Gasteiger partial charge < -0.3 is 10.1 Å². The Bertz CT molecular complexity index is 855. The van der Waals surface area contributed by atoms with E-state index in [4.69, 9.17) is 4.74 Å². The van der Waals surface area contributed by atoms with Crippen LogP contribution in [0.3, 0.4) is 0 Å². The Balaban J connectivity index is 1.60. The summed E-state index contributed by atoms with van der Waals surface area (Å²) in [7, 11) is 1.60. The van der Waals surface area contributed by atoms with Crippen LogP contribution in [0.25, 0.3) is 6.08 Å². The number of para-hydroxylation sites is 1. The van der Waals surface area contributed by atoms with Crippen molar-refractivity contribution in [3.63, 3.8) is 0 Å². The third-order valence-corrected chi connectivity index (χ3v) is 3.59. The molecule has 3 rings (SSSR count). The summed E-state index contributed by atoms with van der Waals surface area (Å²) >= 11 is 0. The molecule has 0 saturated heterocycles. The molecular formula is C19H18N4O2. The topological polar surface area (TPSA) is 69.0 Å². The van der Waals surface area contributed by atoms with Crippen LogP contribution in [-0.4, -0.2) is 27.8 Å². The third kappa shape index (κ3) is 4.54. The highest BCUT2D eigenvalue weighted by Crippen LogP contribution is 2.18. The summed E-state index contributed by atoms with van der Waals surface area (Å²) in [5, 5.41) is 6.90. The zero-order valence-electron chi connectivity index (χ0n) is 13.8. The number of anilines is 1. The highest BCUT2D eigenvalue weighted by atomic mass is 16.5. The molecule has 0 radical (unpaired) electrons. The van der Waals surface area contributed by atoms with Crippen molar-refractivity contribution in [2.24, 2.45) is 0 Å². The maximum absolute atomic E-state index is 12.1. The number of hydrogen-bond donors (Lipinski definition) is 1. The van der Waals surface area contributed by atoms with Crippen molar-refractivity contribution in [1.82, 2.24) is 14.8 Å². The number of carbonyl (C=O) groups is 1. The number of benzene rings is 2. The van der Waals surface area contributed by atoms with Crippen molar-refractivity contribution in [2.45, 2.75) is 6.54 Å². The Morgan fingerprint density at radius 2 is 2.00 bits per heavy atom. The van der Waals surface area contributed by atoms with Crippen LogP contribution in [0.2, 0.25) is 0 Å². The second-order valence-corrected chi connectivity index (χ2v) is 5.35. The van der Waals surface area contributed by atoms with E-state index in [1.165, 1.54) is 12.4 Å². The molecule has 0 unspecified atom stereocenters. The highest BCUT2D eigenvalue weighted by Gasteiger charge is 2.01. The Hall–Kier alpha value is -3.41. The monoisotopic (exact) mass is 334 g/mol. The molecule has 6 nitrogen and oxygen atoms in total. The molecule has 1 aromatic heterocycles. The molecule has 1 N–H and O–H groups in total. The predicted molar refractivity (Wildman–Crippen MR) is 96.2 cm³/mol. The number of methoxy groups -OCH3 is 1. The average molecular weight is 334 g/mol. The van der Waals surface area contributed by atoms with Gasteiger partial charge in [-0.3, -0.25) is 4.79 Å². The number of hydrogen-bond acceptors (Lipinski definition) is 4. The first kappa shape index (κ1) is 16.4. The Kier molecular flexibility index (Phi) is 5.21. The molecule has 0 atom stereocenters. The molecule has 6 heteroatoms. The second kappa shape index (κ2) is 7.92. The van der Waals surface area contributed by atoms with Crippen molar-refractivity contribution in [2.75, 3.05) is 12.4 Å². The minimum atomic E-state index is -0.199. The van der Waals surface area contributed by atoms with Crippen LogP contribution in [0, 0.1) is 0 Å². The minimum absolute atomic E-state index is 0.199. The largest absolute Gasteiger partial charge is 0.496 e. The fourth-order valence-corrected chi connectivity index (χ4v) is 2.35. The molecule has 0 aliphatic carbocycles. The number of aromatic nitrogens is 3. The van der Waals surface area contributed by atoms with Gasteiger partial charge in [0, 0.05) is 17.3 Å². The van der Waals surface area contributed by atoms with Gasteiger partial charge in [0.15, 0.2) is 0 Å². The molecule has 0 saturated carbocycles. The maximum atomic E-state index is 12.1. The summed E-state index contributed by atoms with van der Waals surface area (Å²) in [5.74, 6) is 0.527. The first-order valence-corrected chi connectivity index (χ1v) is 7.78. The summed E-state index contributed by atoms with van der Waals surface area (Å²) in [4.78, 5) is 16.0. The summed E-state index contributed by atoms with van der Waals surface area (Å²) in [6, 6.07) is 15.1. The van der Waals surface area contributed by atoms with Crippen LogP contribution in [-0.2, 0) is 11.3 Å². The van der Waals surface area contributed by atoms with Crippen molar-refractivity contribution in [1.29, 1.82) is 0 Å². The maximum Gasteiger partial charge on any atom is 0.248 e. The minimum Gasteiger partial charge on any atom is -0.496 e. The van der Waals surface area contributed by atoms with Gasteiger partial charge in [-0.05, 0) is 29.8 Å². The highest BCUT2D eigenvalue weighted by molar-refractivity contribution is 6.02. The number of amides is 1. The number of nitrogens with one attached hydrogen (secondary N) is 1. The lowest BCUT2D eigenvalue weighted by atomic mass is 10.2. The molecule has 0 aliphatic rings. The lowest BCUT2D eigenvalue weighted by molar-refractivity contribution is -0.111. The number of nitrogens with zero attached hydrogens (tertiary/aromatic N) is 3. The molecule has 3 aromatic rings. The van der Waals surface area contributed by atoms with Gasteiger partial charge in [0.05, 0.1) is 13.7 Å². The van der Waals surface area contributed by atoms with E-state index in [9.17, 15) is 4.79 Å². The molecule has 0 fully saturated rings. The molecule has 0 spiro atoms. The standard InChI is InChI=1S/C19H18N4O2/c1-25-18-5-3-2-4-16(18)8-11-19(24)22-17-9-6-15(7-10-17)12-23-14-20-13-21-23/h2-11,13-14H,12H2,1H3,(H,22,24). The van der Waals surface area contributed by atoms with Gasteiger partial charge in [0.1, 0.15) is 18.4 Å². The summed E-state index contributed by atoms with van der Waals surface area (Å²) in [6.07, 6.45) is 6.38. The van der Waals surface area contributed by atoms with Crippen LogP contribution >= 0.6 is 0 Å². The van der Waals surface area contributed by atoms with Gasteiger partial charge in [-0.15, -0.1) is 0 Å². The number of ether oxygens (including phenoxy) is 1. The van der Waals surface area contributed by atoms with Crippen molar-refractivity contribution in [3.05, 3.63) is 78.4 Å². The van der Waals surface area contributed by atoms with E-state index in [-0.39, 0.29) is 5.91 Å². The van der Waals surface area contributed by atoms with E-state index in [0.29, 0.717) is 6.54 Å². The van der Waals surface area contributed by atoms with Crippen LogP contribution in [0.1, 0.15) is 11.1 Å². The molecular weight excluding hydrogens is 316 g/mol. The van der Waals surface area contributed by atoms with Gasteiger partial charge in [-0.1, -0.05) is 30.3 Å². The van der Waals surface area contributed by atoms with E-state index in [0.717, 1.165) is 22.6 Å². The zero-order valence-corrected chi connectivity index (χ0v) is 13.8. The SMILES string of the molecule is COc1ccccc1C=CC(=O)Nc1ccc(Cn2cncn2)cc1. The molecule has 0 bridgehead atoms. The quantitative estimate of drug-likeness (QED) is 0.704. The van der Waals surface area contributed by atoms with Gasteiger partial charge in [-0.25, -0.2) is 9.67 Å². The molecule has 25 heavy (non-hydrogen) atoms. The fourth-order valence-electron chi connectivity index (χ4n) is 2.35. The first-order chi connectivity index (χ1) is 12.2. The molecule has 0 aliphatic heterocycles. The van der Waals surface area contributed by atoms with Crippen LogP contribution in [0.4, 0.5) is 5.69 Å². The van der Waals surface area contributed by atoms with Crippen LogP contribution < -0.4 is 10.1 Å². The summed E-state index contributed by atoms with van der Waals surface area (Å²) < 4.78 is 7.00. The van der Waals surface area contributed by atoms with Crippen LogP contribution in [0.15, 0.2) is 67.3 Å². The average Bonchev–Trinajstić information content (AvgIpc) is 3.15. The van der Waals surface area contributed by atoms with Gasteiger partial charge in [0.25, 0.3) is 0 Å². The fraction of sp³-hybridized carbons (Fsp3) is 0.105.